The van der Waals surface area contributed by atoms with Gasteiger partial charge in [-0.05, 0) is 43.7 Å². The highest BCUT2D eigenvalue weighted by atomic mass is 32.2. The third-order valence-corrected chi connectivity index (χ3v) is 4.33. The fourth-order valence-electron chi connectivity index (χ4n) is 2.74. The van der Waals surface area contributed by atoms with Crippen LogP contribution in [0.4, 0.5) is 0 Å². The first-order valence-corrected chi connectivity index (χ1v) is 8.53. The van der Waals surface area contributed by atoms with Crippen LogP contribution in [0, 0.1) is 5.92 Å². The summed E-state index contributed by atoms with van der Waals surface area (Å²) in [6.45, 7) is 10.7. The number of rotatable bonds is 7. The molecule has 0 aromatic carbocycles. The Morgan fingerprint density at radius 1 is 1.41 bits per heavy atom. The lowest BCUT2D eigenvalue weighted by Crippen LogP contribution is -2.56. The predicted octanol–water partition coefficient (Wildman–Crippen LogP) is 2.84. The molecule has 0 bridgehead atoms. The van der Waals surface area contributed by atoms with E-state index in [0.717, 1.165) is 12.0 Å². The molecule has 0 spiro atoms. The van der Waals surface area contributed by atoms with Gasteiger partial charge in [0, 0.05) is 25.2 Å². The third kappa shape index (κ3) is 5.62. The molecule has 2 atom stereocenters. The van der Waals surface area contributed by atoms with Crippen molar-refractivity contribution in [1.82, 2.24) is 10.2 Å². The van der Waals surface area contributed by atoms with Crippen molar-refractivity contribution in [2.75, 3.05) is 31.6 Å². The van der Waals surface area contributed by atoms with Crippen LogP contribution < -0.4 is 5.32 Å². The highest BCUT2D eigenvalue weighted by Crippen LogP contribution is 2.15. The van der Waals surface area contributed by atoms with E-state index in [1.54, 1.807) is 0 Å². The highest BCUT2D eigenvalue weighted by molar-refractivity contribution is 7.98. The molecule has 3 heteroatoms. The Labute approximate surface area is 112 Å². The second-order valence-electron chi connectivity index (χ2n) is 5.64. The van der Waals surface area contributed by atoms with Gasteiger partial charge in [-0.3, -0.25) is 4.90 Å². The second-order valence-corrected chi connectivity index (χ2v) is 6.62. The molecule has 2 nitrogen and oxygen atoms in total. The van der Waals surface area contributed by atoms with E-state index < -0.39 is 0 Å². The van der Waals surface area contributed by atoms with Crippen LogP contribution in [0.25, 0.3) is 0 Å². The Kier molecular flexibility index (Phi) is 7.56. The molecule has 1 saturated heterocycles. The lowest BCUT2D eigenvalue weighted by atomic mass is 9.99. The molecule has 1 fully saturated rings. The quantitative estimate of drug-likeness (QED) is 0.707. The highest BCUT2D eigenvalue weighted by Gasteiger charge is 2.26. The number of nitrogens with one attached hydrogen (secondary N) is 1. The molecule has 1 heterocycles. The minimum atomic E-state index is 0.715. The average Bonchev–Trinajstić information content (AvgIpc) is 2.29. The van der Waals surface area contributed by atoms with Crippen molar-refractivity contribution < 1.29 is 0 Å². The molecule has 1 rings (SSSR count). The molecular formula is C14H30N2S. The van der Waals surface area contributed by atoms with Crippen molar-refractivity contribution in [2.45, 2.75) is 52.1 Å². The maximum Gasteiger partial charge on any atom is 0.0218 e. The van der Waals surface area contributed by atoms with Crippen molar-refractivity contribution in [3.05, 3.63) is 0 Å². The maximum atomic E-state index is 3.72. The summed E-state index contributed by atoms with van der Waals surface area (Å²) < 4.78 is 0. The Morgan fingerprint density at radius 2 is 2.18 bits per heavy atom. The van der Waals surface area contributed by atoms with E-state index in [0.29, 0.717) is 6.04 Å². The lowest BCUT2D eigenvalue weighted by molar-refractivity contribution is 0.119. The van der Waals surface area contributed by atoms with E-state index in [2.05, 4.69) is 37.2 Å². The van der Waals surface area contributed by atoms with Crippen molar-refractivity contribution in [1.29, 1.82) is 0 Å². The van der Waals surface area contributed by atoms with Gasteiger partial charge in [-0.2, -0.15) is 11.8 Å². The monoisotopic (exact) mass is 258 g/mol. The fourth-order valence-corrected chi connectivity index (χ4v) is 3.16. The van der Waals surface area contributed by atoms with Gasteiger partial charge in [0.05, 0.1) is 0 Å². The fraction of sp³-hybridized carbons (Fsp3) is 1.00. The van der Waals surface area contributed by atoms with Crippen LogP contribution in [-0.4, -0.2) is 48.6 Å². The normalized spacial score (nSPS) is 26.6. The van der Waals surface area contributed by atoms with Crippen LogP contribution in [-0.2, 0) is 0 Å². The molecule has 0 amide bonds. The average molecular weight is 258 g/mol. The number of hydrogen-bond donors (Lipinski definition) is 1. The van der Waals surface area contributed by atoms with E-state index in [-0.39, 0.29) is 0 Å². The van der Waals surface area contributed by atoms with Crippen molar-refractivity contribution in [2.24, 2.45) is 5.92 Å². The molecule has 17 heavy (non-hydrogen) atoms. The van der Waals surface area contributed by atoms with E-state index in [1.807, 2.05) is 11.8 Å². The van der Waals surface area contributed by atoms with Crippen LogP contribution in [0.2, 0.25) is 0 Å². The molecule has 0 aromatic heterocycles. The zero-order valence-corrected chi connectivity index (χ0v) is 12.9. The Morgan fingerprint density at radius 3 is 2.76 bits per heavy atom. The zero-order chi connectivity index (χ0) is 12.7. The standard InChI is InChI=1S/C14H30N2S/c1-5-14-10-15-13(9-12(2)3)11-16(14)7-6-8-17-4/h12-15H,5-11H2,1-4H3. The summed E-state index contributed by atoms with van der Waals surface area (Å²) in [6, 6.07) is 1.48. The predicted molar refractivity (Wildman–Crippen MR) is 79.9 cm³/mol. The molecule has 0 aromatic rings. The van der Waals surface area contributed by atoms with Gasteiger partial charge < -0.3 is 5.32 Å². The van der Waals surface area contributed by atoms with Crippen LogP contribution >= 0.6 is 11.8 Å². The number of hydrogen-bond acceptors (Lipinski definition) is 3. The molecule has 2 unspecified atom stereocenters. The molecule has 1 aliphatic heterocycles. The first kappa shape index (κ1) is 15.3. The van der Waals surface area contributed by atoms with E-state index in [9.17, 15) is 0 Å². The van der Waals surface area contributed by atoms with Gasteiger partial charge in [-0.1, -0.05) is 20.8 Å². The summed E-state index contributed by atoms with van der Waals surface area (Å²) in [5.74, 6) is 2.11. The number of nitrogens with zero attached hydrogens (tertiary/aromatic N) is 1. The van der Waals surface area contributed by atoms with Gasteiger partial charge in [0.15, 0.2) is 0 Å². The summed E-state index contributed by atoms with van der Waals surface area (Å²) in [5.41, 5.74) is 0. The third-order valence-electron chi connectivity index (χ3n) is 3.63. The van der Waals surface area contributed by atoms with Gasteiger partial charge in [0.2, 0.25) is 0 Å². The summed E-state index contributed by atoms with van der Waals surface area (Å²) in [4.78, 5) is 2.72. The molecule has 102 valence electrons. The van der Waals surface area contributed by atoms with Gasteiger partial charge in [-0.15, -0.1) is 0 Å². The molecule has 1 N–H and O–H groups in total. The zero-order valence-electron chi connectivity index (χ0n) is 12.0. The molecule has 0 radical (unpaired) electrons. The van der Waals surface area contributed by atoms with Crippen LogP contribution in [0.15, 0.2) is 0 Å². The Bertz CT molecular complexity index is 197. The summed E-state index contributed by atoms with van der Waals surface area (Å²) in [7, 11) is 0. The van der Waals surface area contributed by atoms with Gasteiger partial charge in [0.1, 0.15) is 0 Å². The maximum absolute atomic E-state index is 3.72. The topological polar surface area (TPSA) is 15.3 Å². The van der Waals surface area contributed by atoms with Crippen LogP contribution in [0.1, 0.15) is 40.0 Å². The Balaban J connectivity index is 2.38. The number of thioether (sulfide) groups is 1. The smallest absolute Gasteiger partial charge is 0.0218 e. The van der Waals surface area contributed by atoms with E-state index >= 15 is 0 Å². The van der Waals surface area contributed by atoms with Crippen molar-refractivity contribution >= 4 is 11.8 Å². The van der Waals surface area contributed by atoms with E-state index in [4.69, 9.17) is 0 Å². The first-order valence-electron chi connectivity index (χ1n) is 7.13. The lowest BCUT2D eigenvalue weighted by Gasteiger charge is -2.40. The summed E-state index contributed by atoms with van der Waals surface area (Å²) >= 11 is 1.97. The number of piperazine rings is 1. The first-order chi connectivity index (χ1) is 8.17. The largest absolute Gasteiger partial charge is 0.311 e. The summed E-state index contributed by atoms with van der Waals surface area (Å²) in [6.07, 6.45) is 6.14. The summed E-state index contributed by atoms with van der Waals surface area (Å²) in [5, 5.41) is 3.72. The molecule has 1 aliphatic rings. The molecule has 0 aliphatic carbocycles. The van der Waals surface area contributed by atoms with Crippen molar-refractivity contribution in [3.63, 3.8) is 0 Å². The van der Waals surface area contributed by atoms with Crippen LogP contribution in [0.3, 0.4) is 0 Å². The SMILES string of the molecule is CCC1CNC(CC(C)C)CN1CCCSC. The molecular weight excluding hydrogens is 228 g/mol. The van der Waals surface area contributed by atoms with Gasteiger partial charge in [0.25, 0.3) is 0 Å². The Hall–Kier alpha value is 0.270. The van der Waals surface area contributed by atoms with Crippen LogP contribution in [0.5, 0.6) is 0 Å². The minimum Gasteiger partial charge on any atom is -0.311 e. The van der Waals surface area contributed by atoms with E-state index in [1.165, 1.54) is 44.6 Å². The van der Waals surface area contributed by atoms with Crippen molar-refractivity contribution in [3.8, 4) is 0 Å². The van der Waals surface area contributed by atoms with Gasteiger partial charge in [-0.25, -0.2) is 0 Å². The van der Waals surface area contributed by atoms with Gasteiger partial charge >= 0.3 is 0 Å². The molecule has 0 saturated carbocycles. The second kappa shape index (κ2) is 8.39. The minimum absolute atomic E-state index is 0.715.